The quantitative estimate of drug-likeness (QED) is 0.812. The van der Waals surface area contributed by atoms with E-state index in [-0.39, 0.29) is 5.91 Å². The van der Waals surface area contributed by atoms with Crippen LogP contribution in [0.2, 0.25) is 0 Å². The zero-order chi connectivity index (χ0) is 19.2. The van der Waals surface area contributed by atoms with E-state index in [2.05, 4.69) is 17.2 Å². The maximum atomic E-state index is 12.8. The first-order valence-corrected chi connectivity index (χ1v) is 9.37. The van der Waals surface area contributed by atoms with Crippen LogP contribution in [0.3, 0.4) is 0 Å². The molecule has 3 rings (SSSR count). The van der Waals surface area contributed by atoms with Gasteiger partial charge in [-0.1, -0.05) is 19.1 Å². The molecule has 1 fully saturated rings. The lowest BCUT2D eigenvalue weighted by atomic mass is 9.99. The fourth-order valence-corrected chi connectivity index (χ4v) is 3.31. The van der Waals surface area contributed by atoms with E-state index in [1.54, 1.807) is 43.5 Å². The Morgan fingerprint density at radius 1 is 1.30 bits per heavy atom. The minimum absolute atomic E-state index is 0.0191. The summed E-state index contributed by atoms with van der Waals surface area (Å²) in [6, 6.07) is 10.5. The third kappa shape index (κ3) is 4.64. The van der Waals surface area contributed by atoms with E-state index in [9.17, 15) is 9.59 Å². The summed E-state index contributed by atoms with van der Waals surface area (Å²) in [5.74, 6) is 0.669. The first-order chi connectivity index (χ1) is 13.1. The molecule has 1 N–H and O–H groups in total. The van der Waals surface area contributed by atoms with E-state index in [1.807, 2.05) is 11.0 Å². The van der Waals surface area contributed by atoms with Crippen molar-refractivity contribution in [3.63, 3.8) is 0 Å². The van der Waals surface area contributed by atoms with Gasteiger partial charge in [0.05, 0.1) is 17.9 Å². The van der Waals surface area contributed by atoms with Crippen LogP contribution >= 0.6 is 0 Å². The highest BCUT2D eigenvalue weighted by Crippen LogP contribution is 2.22. The summed E-state index contributed by atoms with van der Waals surface area (Å²) in [5.41, 5.74) is 1.62. The van der Waals surface area contributed by atoms with Crippen molar-refractivity contribution in [1.29, 1.82) is 0 Å². The highest BCUT2D eigenvalue weighted by atomic mass is 16.5. The summed E-state index contributed by atoms with van der Waals surface area (Å²) in [5, 5.41) is 3.14. The zero-order valence-corrected chi connectivity index (χ0v) is 15.8. The Hall–Kier alpha value is -2.89. The van der Waals surface area contributed by atoms with Crippen molar-refractivity contribution in [2.75, 3.05) is 25.0 Å². The molecule has 1 amide bonds. The van der Waals surface area contributed by atoms with Gasteiger partial charge in [0.2, 0.25) is 0 Å². The molecule has 1 atom stereocenters. The third-order valence-corrected chi connectivity index (χ3v) is 4.64. The third-order valence-electron chi connectivity index (χ3n) is 4.64. The Labute approximate surface area is 159 Å². The van der Waals surface area contributed by atoms with E-state index in [4.69, 9.17) is 4.74 Å². The van der Waals surface area contributed by atoms with Crippen molar-refractivity contribution in [2.24, 2.45) is 5.92 Å². The van der Waals surface area contributed by atoms with Gasteiger partial charge < -0.3 is 15.0 Å². The summed E-state index contributed by atoms with van der Waals surface area (Å²) in [7, 11) is 0. The molecular formula is C21H25N3O3. The number of nitrogens with zero attached hydrogens (tertiary/aromatic N) is 2. The molecule has 0 spiro atoms. The highest BCUT2D eigenvalue weighted by molar-refractivity contribution is 5.97. The van der Waals surface area contributed by atoms with Crippen LogP contribution in [0, 0.1) is 5.92 Å². The summed E-state index contributed by atoms with van der Waals surface area (Å²) in [6.07, 6.45) is 3.81. The molecule has 1 aromatic heterocycles. The summed E-state index contributed by atoms with van der Waals surface area (Å²) in [4.78, 5) is 31.1. The minimum Gasteiger partial charge on any atom is -0.462 e. The van der Waals surface area contributed by atoms with Gasteiger partial charge in [-0.3, -0.25) is 4.79 Å². The number of hydrogen-bond donors (Lipinski definition) is 1. The molecule has 6 nitrogen and oxygen atoms in total. The molecule has 6 heteroatoms. The summed E-state index contributed by atoms with van der Waals surface area (Å²) >= 11 is 0. The van der Waals surface area contributed by atoms with Gasteiger partial charge in [-0.25, -0.2) is 9.78 Å². The Balaban J connectivity index is 1.79. The van der Waals surface area contributed by atoms with Crippen LogP contribution in [0.1, 0.15) is 47.4 Å². The maximum absolute atomic E-state index is 12.8. The first-order valence-electron chi connectivity index (χ1n) is 9.37. The maximum Gasteiger partial charge on any atom is 0.340 e. The molecule has 2 heterocycles. The number of likely N-dealkylation sites (tertiary alicyclic amines) is 1. The van der Waals surface area contributed by atoms with Gasteiger partial charge in [-0.2, -0.15) is 0 Å². The Bertz CT molecular complexity index is 822. The van der Waals surface area contributed by atoms with Gasteiger partial charge in [-0.05, 0) is 49.9 Å². The van der Waals surface area contributed by atoms with E-state index < -0.39 is 5.97 Å². The predicted octanol–water partition coefficient (Wildman–Crippen LogP) is 3.87. The second-order valence-corrected chi connectivity index (χ2v) is 6.82. The minimum atomic E-state index is -0.393. The average Bonchev–Trinajstić information content (AvgIpc) is 2.68. The normalized spacial score (nSPS) is 16.7. The Morgan fingerprint density at radius 2 is 2.11 bits per heavy atom. The van der Waals surface area contributed by atoms with Gasteiger partial charge in [0.1, 0.15) is 5.82 Å². The SMILES string of the molecule is CCOC(=O)c1ccccc1Nc1cc(C(=O)N2CCCC(C)C2)ccn1. The zero-order valence-electron chi connectivity index (χ0n) is 15.8. The van der Waals surface area contributed by atoms with Crippen LogP contribution in [0.4, 0.5) is 11.5 Å². The Morgan fingerprint density at radius 3 is 2.89 bits per heavy atom. The fourth-order valence-electron chi connectivity index (χ4n) is 3.31. The van der Waals surface area contributed by atoms with E-state index in [1.165, 1.54) is 0 Å². The number of pyridine rings is 1. The van der Waals surface area contributed by atoms with Crippen molar-refractivity contribution in [1.82, 2.24) is 9.88 Å². The van der Waals surface area contributed by atoms with E-state index in [0.29, 0.717) is 35.2 Å². The van der Waals surface area contributed by atoms with Gasteiger partial charge >= 0.3 is 5.97 Å². The molecule has 0 bridgehead atoms. The van der Waals surface area contributed by atoms with Gasteiger partial charge in [0, 0.05) is 24.8 Å². The number of benzene rings is 1. The topological polar surface area (TPSA) is 71.5 Å². The van der Waals surface area contributed by atoms with Crippen LogP contribution in [0.5, 0.6) is 0 Å². The molecule has 0 saturated carbocycles. The monoisotopic (exact) mass is 367 g/mol. The van der Waals surface area contributed by atoms with Crippen LogP contribution in [-0.2, 0) is 4.74 Å². The number of amides is 1. The number of esters is 1. The van der Waals surface area contributed by atoms with Gasteiger partial charge in [-0.15, -0.1) is 0 Å². The van der Waals surface area contributed by atoms with Gasteiger partial charge in [0.25, 0.3) is 5.91 Å². The molecule has 1 unspecified atom stereocenters. The lowest BCUT2D eigenvalue weighted by molar-refractivity contribution is 0.0527. The van der Waals surface area contributed by atoms with Gasteiger partial charge in [0.15, 0.2) is 0 Å². The number of rotatable bonds is 5. The van der Waals surface area contributed by atoms with Crippen LogP contribution < -0.4 is 5.32 Å². The molecule has 1 saturated heterocycles. The highest BCUT2D eigenvalue weighted by Gasteiger charge is 2.22. The van der Waals surface area contributed by atoms with Crippen LogP contribution in [0.15, 0.2) is 42.6 Å². The molecule has 1 aromatic carbocycles. The van der Waals surface area contributed by atoms with Crippen molar-refractivity contribution in [2.45, 2.75) is 26.7 Å². The molecule has 27 heavy (non-hydrogen) atoms. The van der Waals surface area contributed by atoms with Crippen LogP contribution in [0.25, 0.3) is 0 Å². The molecule has 0 radical (unpaired) electrons. The van der Waals surface area contributed by atoms with Crippen molar-refractivity contribution >= 4 is 23.4 Å². The molecule has 2 aromatic rings. The van der Waals surface area contributed by atoms with Crippen LogP contribution in [-0.4, -0.2) is 41.5 Å². The number of anilines is 2. The molecule has 142 valence electrons. The van der Waals surface area contributed by atoms with Crippen molar-refractivity contribution in [3.05, 3.63) is 53.7 Å². The standard InChI is InChI=1S/C21H25N3O3/c1-3-27-21(26)17-8-4-5-9-18(17)23-19-13-16(10-11-22-19)20(25)24-12-6-7-15(2)14-24/h4-5,8-11,13,15H,3,6-7,12,14H2,1-2H3,(H,22,23). The second-order valence-electron chi connectivity index (χ2n) is 6.82. The Kier molecular flexibility index (Phi) is 6.06. The summed E-state index contributed by atoms with van der Waals surface area (Å²) in [6.45, 7) is 5.83. The lowest BCUT2D eigenvalue weighted by Crippen LogP contribution is -2.39. The fraction of sp³-hybridized carbons (Fsp3) is 0.381. The number of nitrogens with one attached hydrogen (secondary N) is 1. The molecule has 1 aliphatic heterocycles. The predicted molar refractivity (Wildman–Crippen MR) is 104 cm³/mol. The number of piperidine rings is 1. The smallest absolute Gasteiger partial charge is 0.340 e. The first kappa shape index (κ1) is 18.9. The van der Waals surface area contributed by atoms with E-state index in [0.717, 1.165) is 25.9 Å². The van der Waals surface area contributed by atoms with E-state index >= 15 is 0 Å². The average molecular weight is 367 g/mol. The number of carbonyl (C=O) groups excluding carboxylic acids is 2. The number of para-hydroxylation sites is 1. The summed E-state index contributed by atoms with van der Waals surface area (Å²) < 4.78 is 5.10. The molecule has 1 aliphatic rings. The lowest BCUT2D eigenvalue weighted by Gasteiger charge is -2.31. The number of carbonyl (C=O) groups is 2. The number of ether oxygens (including phenoxy) is 1. The number of hydrogen-bond acceptors (Lipinski definition) is 5. The molecular weight excluding hydrogens is 342 g/mol. The molecule has 0 aliphatic carbocycles. The number of aromatic nitrogens is 1. The van der Waals surface area contributed by atoms with Crippen molar-refractivity contribution in [3.8, 4) is 0 Å². The second kappa shape index (κ2) is 8.66. The largest absolute Gasteiger partial charge is 0.462 e. The van der Waals surface area contributed by atoms with Crippen molar-refractivity contribution < 1.29 is 14.3 Å².